The first-order chi connectivity index (χ1) is 9.69. The van der Waals surface area contributed by atoms with Crippen LogP contribution in [0, 0.1) is 5.92 Å². The van der Waals surface area contributed by atoms with Gasteiger partial charge in [0, 0.05) is 17.4 Å². The zero-order chi connectivity index (χ0) is 14.4. The van der Waals surface area contributed by atoms with Crippen LogP contribution in [0.3, 0.4) is 0 Å². The second-order valence-corrected chi connectivity index (χ2v) is 6.03. The summed E-state index contributed by atoms with van der Waals surface area (Å²) in [6.07, 6.45) is 1.90. The van der Waals surface area contributed by atoms with Gasteiger partial charge in [0.05, 0.1) is 12.1 Å². The fourth-order valence-electron chi connectivity index (χ4n) is 1.92. The summed E-state index contributed by atoms with van der Waals surface area (Å²) < 4.78 is 0. The number of Topliss-reactive ketones (excluding diaryl/α,β-unsaturated/α-hetero) is 1. The Morgan fingerprint density at radius 1 is 1.35 bits per heavy atom. The minimum Gasteiger partial charge on any atom is -0.330 e. The lowest BCUT2D eigenvalue weighted by Crippen LogP contribution is -2.13. The van der Waals surface area contributed by atoms with Crippen molar-refractivity contribution in [3.05, 3.63) is 40.7 Å². The third-order valence-corrected chi connectivity index (χ3v) is 4.14. The molecule has 0 aliphatic heterocycles. The van der Waals surface area contributed by atoms with Crippen LogP contribution in [-0.2, 0) is 11.2 Å². The quantitative estimate of drug-likeness (QED) is 0.850. The topological polar surface area (TPSA) is 56.0 Å². The molecule has 0 saturated carbocycles. The van der Waals surface area contributed by atoms with E-state index >= 15 is 0 Å². The molecule has 1 unspecified atom stereocenters. The molecular formula is C16H20N2OS. The summed E-state index contributed by atoms with van der Waals surface area (Å²) in [6, 6.07) is 10.0. The minimum absolute atomic E-state index is 0.249. The van der Waals surface area contributed by atoms with Gasteiger partial charge in [0.15, 0.2) is 0 Å². The number of aromatic nitrogens is 1. The van der Waals surface area contributed by atoms with E-state index in [-0.39, 0.29) is 5.78 Å². The van der Waals surface area contributed by atoms with Crippen molar-refractivity contribution in [1.29, 1.82) is 0 Å². The van der Waals surface area contributed by atoms with Crippen LogP contribution in [0.1, 0.15) is 24.8 Å². The minimum atomic E-state index is 0.249. The molecule has 4 heteroatoms. The van der Waals surface area contributed by atoms with E-state index in [0.717, 1.165) is 22.7 Å². The first-order valence-electron chi connectivity index (χ1n) is 6.90. The van der Waals surface area contributed by atoms with E-state index in [9.17, 15) is 4.79 Å². The second kappa shape index (κ2) is 7.31. The Kier molecular flexibility index (Phi) is 5.44. The van der Waals surface area contributed by atoms with Crippen LogP contribution in [0.2, 0.25) is 0 Å². The van der Waals surface area contributed by atoms with Crippen molar-refractivity contribution in [2.75, 3.05) is 6.54 Å². The van der Waals surface area contributed by atoms with Gasteiger partial charge in [-0.25, -0.2) is 4.98 Å². The average molecular weight is 288 g/mol. The Labute approximate surface area is 123 Å². The summed E-state index contributed by atoms with van der Waals surface area (Å²) in [6.45, 7) is 2.72. The van der Waals surface area contributed by atoms with Gasteiger partial charge in [-0.1, -0.05) is 37.3 Å². The first kappa shape index (κ1) is 14.9. The number of hydrogen-bond donors (Lipinski definition) is 1. The highest BCUT2D eigenvalue weighted by Crippen LogP contribution is 2.22. The van der Waals surface area contributed by atoms with Gasteiger partial charge in [0.1, 0.15) is 10.8 Å². The predicted octanol–water partition coefficient (Wildman–Crippen LogP) is 3.30. The highest BCUT2D eigenvalue weighted by molar-refractivity contribution is 7.10. The lowest BCUT2D eigenvalue weighted by Gasteiger charge is -2.06. The maximum absolute atomic E-state index is 11.9. The number of benzene rings is 1. The number of thiazole rings is 1. The van der Waals surface area contributed by atoms with Crippen molar-refractivity contribution in [3.63, 3.8) is 0 Å². The summed E-state index contributed by atoms with van der Waals surface area (Å²) in [4.78, 5) is 16.4. The number of ketones is 1. The molecule has 2 N–H and O–H groups in total. The summed E-state index contributed by atoms with van der Waals surface area (Å²) in [7, 11) is 0. The van der Waals surface area contributed by atoms with Crippen LogP contribution in [0.15, 0.2) is 35.7 Å². The predicted molar refractivity (Wildman–Crippen MR) is 83.7 cm³/mol. The van der Waals surface area contributed by atoms with Gasteiger partial charge >= 0.3 is 0 Å². The van der Waals surface area contributed by atoms with E-state index in [1.54, 1.807) is 11.3 Å². The Morgan fingerprint density at radius 3 is 2.80 bits per heavy atom. The van der Waals surface area contributed by atoms with E-state index in [0.29, 0.717) is 25.3 Å². The fourth-order valence-corrected chi connectivity index (χ4v) is 2.75. The standard InChI is InChI=1S/C16H20N2OS/c1-12(10-17)7-8-14(19)9-16-18-15(11-20-16)13-5-3-2-4-6-13/h2-6,11-12H,7-10,17H2,1H3. The number of nitrogens with zero attached hydrogens (tertiary/aromatic N) is 1. The van der Waals surface area contributed by atoms with E-state index in [1.807, 2.05) is 35.7 Å². The van der Waals surface area contributed by atoms with Crippen molar-refractivity contribution in [2.24, 2.45) is 11.7 Å². The number of rotatable bonds is 7. The normalized spacial score (nSPS) is 12.3. The summed E-state index contributed by atoms with van der Waals surface area (Å²) >= 11 is 1.56. The molecule has 0 spiro atoms. The van der Waals surface area contributed by atoms with Gasteiger partial charge < -0.3 is 5.73 Å². The van der Waals surface area contributed by atoms with Gasteiger partial charge in [-0.3, -0.25) is 4.79 Å². The van der Waals surface area contributed by atoms with Gasteiger partial charge in [0.25, 0.3) is 0 Å². The molecule has 0 aliphatic carbocycles. The number of carbonyl (C=O) groups excluding carboxylic acids is 1. The van der Waals surface area contributed by atoms with Crippen LogP contribution < -0.4 is 5.73 Å². The number of carbonyl (C=O) groups is 1. The van der Waals surface area contributed by atoms with Gasteiger partial charge in [-0.05, 0) is 18.9 Å². The molecular weight excluding hydrogens is 268 g/mol. The van der Waals surface area contributed by atoms with E-state index in [4.69, 9.17) is 5.73 Å². The fraction of sp³-hybridized carbons (Fsp3) is 0.375. The molecule has 2 rings (SSSR count). The Balaban J connectivity index is 1.91. The molecule has 0 bridgehead atoms. The third-order valence-electron chi connectivity index (χ3n) is 3.29. The van der Waals surface area contributed by atoms with Crippen molar-refractivity contribution >= 4 is 17.1 Å². The van der Waals surface area contributed by atoms with Crippen molar-refractivity contribution < 1.29 is 4.79 Å². The van der Waals surface area contributed by atoms with E-state index < -0.39 is 0 Å². The molecule has 20 heavy (non-hydrogen) atoms. The molecule has 1 aromatic heterocycles. The largest absolute Gasteiger partial charge is 0.330 e. The van der Waals surface area contributed by atoms with Crippen LogP contribution >= 0.6 is 11.3 Å². The van der Waals surface area contributed by atoms with Crippen LogP contribution in [-0.4, -0.2) is 17.3 Å². The molecule has 0 amide bonds. The Morgan fingerprint density at radius 2 is 2.10 bits per heavy atom. The van der Waals surface area contributed by atoms with E-state index in [2.05, 4.69) is 11.9 Å². The summed E-state index contributed by atoms with van der Waals surface area (Å²) in [5.41, 5.74) is 7.61. The zero-order valence-electron chi connectivity index (χ0n) is 11.7. The molecule has 1 heterocycles. The Hall–Kier alpha value is -1.52. The zero-order valence-corrected chi connectivity index (χ0v) is 12.5. The molecule has 106 valence electrons. The number of hydrogen-bond acceptors (Lipinski definition) is 4. The monoisotopic (exact) mass is 288 g/mol. The maximum atomic E-state index is 11.9. The average Bonchev–Trinajstić information content (AvgIpc) is 2.94. The first-order valence-corrected chi connectivity index (χ1v) is 7.78. The molecule has 2 aromatic rings. The van der Waals surface area contributed by atoms with Crippen LogP contribution in [0.5, 0.6) is 0 Å². The highest BCUT2D eigenvalue weighted by Gasteiger charge is 2.10. The summed E-state index contributed by atoms with van der Waals surface area (Å²) in [5.74, 6) is 0.661. The SMILES string of the molecule is CC(CN)CCC(=O)Cc1nc(-c2ccccc2)cs1. The highest BCUT2D eigenvalue weighted by atomic mass is 32.1. The lowest BCUT2D eigenvalue weighted by atomic mass is 10.0. The molecule has 0 aliphatic rings. The van der Waals surface area contributed by atoms with Gasteiger partial charge in [-0.15, -0.1) is 11.3 Å². The van der Waals surface area contributed by atoms with Gasteiger partial charge in [-0.2, -0.15) is 0 Å². The Bertz CT molecular complexity index is 551. The second-order valence-electron chi connectivity index (χ2n) is 5.09. The van der Waals surface area contributed by atoms with Crippen LogP contribution in [0.25, 0.3) is 11.3 Å². The van der Waals surface area contributed by atoms with Crippen molar-refractivity contribution in [3.8, 4) is 11.3 Å². The molecule has 0 fully saturated rings. The van der Waals surface area contributed by atoms with Crippen molar-refractivity contribution in [1.82, 2.24) is 4.98 Å². The maximum Gasteiger partial charge on any atom is 0.139 e. The van der Waals surface area contributed by atoms with Crippen LogP contribution in [0.4, 0.5) is 0 Å². The molecule has 3 nitrogen and oxygen atoms in total. The molecule has 0 saturated heterocycles. The smallest absolute Gasteiger partial charge is 0.139 e. The molecule has 0 radical (unpaired) electrons. The molecule has 1 atom stereocenters. The summed E-state index contributed by atoms with van der Waals surface area (Å²) in [5, 5.41) is 2.91. The van der Waals surface area contributed by atoms with E-state index in [1.165, 1.54) is 0 Å². The third kappa shape index (κ3) is 4.25. The van der Waals surface area contributed by atoms with Gasteiger partial charge in [0.2, 0.25) is 0 Å². The molecule has 1 aromatic carbocycles. The lowest BCUT2D eigenvalue weighted by molar-refractivity contribution is -0.118. The van der Waals surface area contributed by atoms with Crippen molar-refractivity contribution in [2.45, 2.75) is 26.2 Å². The number of nitrogens with two attached hydrogens (primary N) is 1.